The summed E-state index contributed by atoms with van der Waals surface area (Å²) in [6.45, 7) is 2.45. The highest BCUT2D eigenvalue weighted by Gasteiger charge is 2.09. The van der Waals surface area contributed by atoms with Gasteiger partial charge in [0.2, 0.25) is 11.8 Å². The number of nitrogens with one attached hydrogen (secondary N) is 2. The van der Waals surface area contributed by atoms with Crippen LogP contribution in [0, 0.1) is 6.92 Å². The maximum atomic E-state index is 12.2. The first-order valence-corrected chi connectivity index (χ1v) is 8.68. The van der Waals surface area contributed by atoms with E-state index in [1.54, 1.807) is 0 Å². The summed E-state index contributed by atoms with van der Waals surface area (Å²) in [6.07, 6.45) is 0.256. The molecule has 0 fully saturated rings. The van der Waals surface area contributed by atoms with E-state index in [1.807, 2.05) is 73.7 Å². The Morgan fingerprint density at radius 2 is 1.46 bits per heavy atom. The lowest BCUT2D eigenvalue weighted by Crippen LogP contribution is -2.37. The molecular formula is C22H22N2O2. The number of hydrogen-bond donors (Lipinski definition) is 2. The monoisotopic (exact) mass is 346 g/mol. The minimum atomic E-state index is -0.195. The summed E-state index contributed by atoms with van der Waals surface area (Å²) >= 11 is 0. The fourth-order valence-corrected chi connectivity index (χ4v) is 2.93. The SMILES string of the molecule is Cc1ccccc1CNC(=O)CNC(=O)Cc1cccc2ccccc12. The van der Waals surface area contributed by atoms with E-state index in [9.17, 15) is 9.59 Å². The van der Waals surface area contributed by atoms with Crippen molar-refractivity contribution >= 4 is 22.6 Å². The van der Waals surface area contributed by atoms with Crippen molar-refractivity contribution in [2.75, 3.05) is 6.54 Å². The van der Waals surface area contributed by atoms with Crippen molar-refractivity contribution in [2.45, 2.75) is 19.9 Å². The van der Waals surface area contributed by atoms with Crippen LogP contribution in [0.15, 0.2) is 66.7 Å². The molecule has 4 nitrogen and oxygen atoms in total. The van der Waals surface area contributed by atoms with Crippen LogP contribution in [0.3, 0.4) is 0 Å². The van der Waals surface area contributed by atoms with Gasteiger partial charge in [-0.3, -0.25) is 9.59 Å². The molecular weight excluding hydrogens is 324 g/mol. The molecule has 0 bridgehead atoms. The lowest BCUT2D eigenvalue weighted by Gasteiger charge is -2.10. The van der Waals surface area contributed by atoms with E-state index in [2.05, 4.69) is 10.6 Å². The lowest BCUT2D eigenvalue weighted by molar-refractivity contribution is -0.125. The third-order valence-corrected chi connectivity index (χ3v) is 4.41. The van der Waals surface area contributed by atoms with E-state index in [1.165, 1.54) is 0 Å². The summed E-state index contributed by atoms with van der Waals surface area (Å²) in [5, 5.41) is 7.70. The van der Waals surface area contributed by atoms with Crippen LogP contribution in [0.4, 0.5) is 0 Å². The minimum absolute atomic E-state index is 0.0184. The number of carbonyl (C=O) groups is 2. The normalized spacial score (nSPS) is 10.5. The molecule has 26 heavy (non-hydrogen) atoms. The number of fused-ring (bicyclic) bond motifs is 1. The summed E-state index contributed by atoms with van der Waals surface area (Å²) in [5.41, 5.74) is 3.16. The van der Waals surface area contributed by atoms with Gasteiger partial charge in [-0.25, -0.2) is 0 Å². The number of amides is 2. The molecule has 132 valence electrons. The second-order valence-corrected chi connectivity index (χ2v) is 6.29. The Labute approximate surface area is 153 Å². The fraction of sp³-hybridized carbons (Fsp3) is 0.182. The molecule has 0 atom stereocenters. The zero-order valence-corrected chi connectivity index (χ0v) is 14.8. The molecule has 3 aromatic carbocycles. The lowest BCUT2D eigenvalue weighted by atomic mass is 10.0. The van der Waals surface area contributed by atoms with Gasteiger partial charge in [0.1, 0.15) is 0 Å². The summed E-state index contributed by atoms with van der Waals surface area (Å²) in [5.74, 6) is -0.355. The predicted octanol–water partition coefficient (Wildman–Crippen LogP) is 3.12. The number of aryl methyl sites for hydroxylation is 1. The molecule has 3 aromatic rings. The third-order valence-electron chi connectivity index (χ3n) is 4.41. The van der Waals surface area contributed by atoms with Gasteiger partial charge in [0.05, 0.1) is 13.0 Å². The Kier molecular flexibility index (Phi) is 5.64. The third kappa shape index (κ3) is 4.48. The molecule has 0 unspecified atom stereocenters. The topological polar surface area (TPSA) is 58.2 Å². The Bertz CT molecular complexity index is 929. The van der Waals surface area contributed by atoms with Crippen LogP contribution in [-0.2, 0) is 22.6 Å². The largest absolute Gasteiger partial charge is 0.350 e. The Hall–Kier alpha value is -3.14. The molecule has 0 spiro atoms. The first-order valence-electron chi connectivity index (χ1n) is 8.68. The Balaban J connectivity index is 1.50. The quantitative estimate of drug-likeness (QED) is 0.720. The summed E-state index contributed by atoms with van der Waals surface area (Å²) in [7, 11) is 0. The van der Waals surface area contributed by atoms with Gasteiger partial charge in [0.25, 0.3) is 0 Å². The number of benzene rings is 3. The van der Waals surface area contributed by atoms with Crippen molar-refractivity contribution < 1.29 is 9.59 Å². The van der Waals surface area contributed by atoms with E-state index in [4.69, 9.17) is 0 Å². The smallest absolute Gasteiger partial charge is 0.239 e. The van der Waals surface area contributed by atoms with Crippen molar-refractivity contribution in [1.29, 1.82) is 0 Å². The number of hydrogen-bond acceptors (Lipinski definition) is 2. The molecule has 0 saturated heterocycles. The predicted molar refractivity (Wildman–Crippen MR) is 104 cm³/mol. The number of rotatable bonds is 6. The fourth-order valence-electron chi connectivity index (χ4n) is 2.93. The van der Waals surface area contributed by atoms with Crippen LogP contribution in [-0.4, -0.2) is 18.4 Å². The standard InChI is InChI=1S/C22H22N2O2/c1-16-7-2-3-9-19(16)14-23-22(26)15-24-21(25)13-18-11-6-10-17-8-4-5-12-20(17)18/h2-12H,13-15H2,1H3,(H,23,26)(H,24,25). The molecule has 0 aliphatic carbocycles. The van der Waals surface area contributed by atoms with Crippen molar-refractivity contribution in [3.05, 3.63) is 83.4 Å². The van der Waals surface area contributed by atoms with Crippen LogP contribution in [0.5, 0.6) is 0 Å². The highest BCUT2D eigenvalue weighted by molar-refractivity contribution is 5.91. The van der Waals surface area contributed by atoms with Gasteiger partial charge in [-0.05, 0) is 34.4 Å². The highest BCUT2D eigenvalue weighted by Crippen LogP contribution is 2.18. The van der Waals surface area contributed by atoms with Crippen molar-refractivity contribution in [1.82, 2.24) is 10.6 Å². The molecule has 0 aromatic heterocycles. The van der Waals surface area contributed by atoms with E-state index in [0.29, 0.717) is 6.54 Å². The van der Waals surface area contributed by atoms with Crippen LogP contribution in [0.2, 0.25) is 0 Å². The van der Waals surface area contributed by atoms with Crippen LogP contribution < -0.4 is 10.6 Å². The van der Waals surface area contributed by atoms with E-state index < -0.39 is 0 Å². The van der Waals surface area contributed by atoms with Crippen molar-refractivity contribution in [3.63, 3.8) is 0 Å². The molecule has 0 radical (unpaired) electrons. The minimum Gasteiger partial charge on any atom is -0.350 e. The first kappa shape index (κ1) is 17.7. The van der Waals surface area contributed by atoms with Crippen LogP contribution in [0.1, 0.15) is 16.7 Å². The molecule has 0 heterocycles. The van der Waals surface area contributed by atoms with E-state index in [-0.39, 0.29) is 24.8 Å². The van der Waals surface area contributed by atoms with Gasteiger partial charge >= 0.3 is 0 Å². The first-order chi connectivity index (χ1) is 12.6. The summed E-state index contributed by atoms with van der Waals surface area (Å²) < 4.78 is 0. The molecule has 3 rings (SSSR count). The molecule has 0 saturated carbocycles. The molecule has 2 amide bonds. The maximum absolute atomic E-state index is 12.2. The maximum Gasteiger partial charge on any atom is 0.239 e. The average molecular weight is 346 g/mol. The van der Waals surface area contributed by atoms with E-state index in [0.717, 1.165) is 27.5 Å². The second kappa shape index (κ2) is 8.30. The van der Waals surface area contributed by atoms with Gasteiger partial charge in [-0.2, -0.15) is 0 Å². The van der Waals surface area contributed by atoms with E-state index >= 15 is 0 Å². The second-order valence-electron chi connectivity index (χ2n) is 6.29. The molecule has 0 aliphatic rings. The summed E-state index contributed by atoms with van der Waals surface area (Å²) in [4.78, 5) is 24.2. The average Bonchev–Trinajstić information content (AvgIpc) is 2.66. The molecule has 4 heteroatoms. The summed E-state index contributed by atoms with van der Waals surface area (Å²) in [6, 6.07) is 21.8. The van der Waals surface area contributed by atoms with Gasteiger partial charge < -0.3 is 10.6 Å². The van der Waals surface area contributed by atoms with Crippen LogP contribution >= 0.6 is 0 Å². The van der Waals surface area contributed by atoms with Gasteiger partial charge in [-0.15, -0.1) is 0 Å². The number of carbonyl (C=O) groups excluding carboxylic acids is 2. The Morgan fingerprint density at radius 1 is 0.769 bits per heavy atom. The van der Waals surface area contributed by atoms with Gasteiger partial charge in [0.15, 0.2) is 0 Å². The van der Waals surface area contributed by atoms with Gasteiger partial charge in [-0.1, -0.05) is 66.7 Å². The van der Waals surface area contributed by atoms with Crippen LogP contribution in [0.25, 0.3) is 10.8 Å². The zero-order chi connectivity index (χ0) is 18.4. The van der Waals surface area contributed by atoms with Crippen molar-refractivity contribution in [3.8, 4) is 0 Å². The molecule has 2 N–H and O–H groups in total. The highest BCUT2D eigenvalue weighted by atomic mass is 16.2. The van der Waals surface area contributed by atoms with Crippen molar-refractivity contribution in [2.24, 2.45) is 0 Å². The van der Waals surface area contributed by atoms with Gasteiger partial charge in [0, 0.05) is 6.54 Å². The zero-order valence-electron chi connectivity index (χ0n) is 14.8. The molecule has 0 aliphatic heterocycles. The Morgan fingerprint density at radius 3 is 2.31 bits per heavy atom.